The highest BCUT2D eigenvalue weighted by molar-refractivity contribution is 6.08. The molecule has 2 aromatic carbocycles. The Kier molecular flexibility index (Phi) is 5.48. The average molecular weight is 419 g/mol. The van der Waals surface area contributed by atoms with Gasteiger partial charge in [0.1, 0.15) is 5.54 Å². The second-order valence-electron chi connectivity index (χ2n) is 7.10. The number of urea groups is 1. The molecule has 0 spiro atoms. The summed E-state index contributed by atoms with van der Waals surface area (Å²) < 4.78 is 5.58. The van der Waals surface area contributed by atoms with E-state index in [2.05, 4.69) is 20.9 Å². The molecule has 1 aliphatic rings. The molecule has 2 N–H and O–H groups in total. The van der Waals surface area contributed by atoms with Gasteiger partial charge in [-0.3, -0.25) is 15.0 Å². The first kappa shape index (κ1) is 20.3. The van der Waals surface area contributed by atoms with Crippen molar-refractivity contribution < 1.29 is 18.8 Å². The molecule has 158 valence electrons. The Hall–Kier alpha value is -4.01. The zero-order chi connectivity index (χ0) is 21.8. The van der Waals surface area contributed by atoms with E-state index < -0.39 is 23.4 Å². The van der Waals surface area contributed by atoms with Gasteiger partial charge in [-0.2, -0.15) is 5.01 Å². The van der Waals surface area contributed by atoms with Crippen molar-refractivity contribution in [3.05, 3.63) is 72.1 Å². The van der Waals surface area contributed by atoms with Crippen molar-refractivity contribution >= 4 is 17.8 Å². The number of amides is 4. The summed E-state index contributed by atoms with van der Waals surface area (Å²) in [5.74, 6) is -0.384. The number of nitrogens with one attached hydrogen (secondary N) is 2. The predicted octanol–water partition coefficient (Wildman–Crippen LogP) is 2.56. The van der Waals surface area contributed by atoms with Crippen LogP contribution in [-0.2, 0) is 21.5 Å². The van der Waals surface area contributed by atoms with Gasteiger partial charge in [-0.1, -0.05) is 55.5 Å². The van der Waals surface area contributed by atoms with Crippen molar-refractivity contribution in [2.24, 2.45) is 0 Å². The van der Waals surface area contributed by atoms with Gasteiger partial charge in [-0.05, 0) is 24.1 Å². The molecule has 31 heavy (non-hydrogen) atoms. The van der Waals surface area contributed by atoms with Gasteiger partial charge >= 0.3 is 6.03 Å². The first-order valence-corrected chi connectivity index (χ1v) is 9.93. The summed E-state index contributed by atoms with van der Waals surface area (Å²) in [6, 6.07) is 17.6. The van der Waals surface area contributed by atoms with E-state index in [0.717, 1.165) is 10.6 Å². The van der Waals surface area contributed by atoms with E-state index in [4.69, 9.17) is 4.42 Å². The summed E-state index contributed by atoms with van der Waals surface area (Å²) in [5.41, 5.74) is 2.62. The first-order valence-electron chi connectivity index (χ1n) is 9.93. The zero-order valence-electron chi connectivity index (χ0n) is 16.9. The molecular formula is C22H21N5O4. The van der Waals surface area contributed by atoms with Crippen molar-refractivity contribution in [2.45, 2.75) is 31.7 Å². The maximum atomic E-state index is 13.0. The summed E-state index contributed by atoms with van der Waals surface area (Å²) in [5, 5.41) is 11.4. The minimum atomic E-state index is -1.21. The normalized spacial score (nSPS) is 18.2. The molecule has 3 aromatic rings. The van der Waals surface area contributed by atoms with Crippen LogP contribution in [0.3, 0.4) is 0 Å². The van der Waals surface area contributed by atoms with Gasteiger partial charge in [-0.15, -0.1) is 10.2 Å². The highest BCUT2D eigenvalue weighted by Crippen LogP contribution is 2.31. The Morgan fingerprint density at radius 2 is 1.74 bits per heavy atom. The van der Waals surface area contributed by atoms with E-state index in [1.165, 1.54) is 0 Å². The molecule has 9 nitrogen and oxygen atoms in total. The predicted molar refractivity (Wildman–Crippen MR) is 110 cm³/mol. The lowest BCUT2D eigenvalue weighted by Gasteiger charge is -2.25. The van der Waals surface area contributed by atoms with E-state index in [-0.39, 0.29) is 12.8 Å². The number of benzene rings is 2. The first-order chi connectivity index (χ1) is 15.0. The number of aryl methyl sites for hydroxylation is 1. The summed E-state index contributed by atoms with van der Waals surface area (Å²) in [6.45, 7) is 1.80. The molecule has 0 radical (unpaired) electrons. The third-order valence-electron chi connectivity index (χ3n) is 5.18. The Morgan fingerprint density at radius 3 is 2.42 bits per heavy atom. The van der Waals surface area contributed by atoms with E-state index >= 15 is 0 Å². The van der Waals surface area contributed by atoms with Crippen LogP contribution in [0, 0.1) is 0 Å². The van der Waals surface area contributed by atoms with Crippen LogP contribution < -0.4 is 10.7 Å². The summed E-state index contributed by atoms with van der Waals surface area (Å²) >= 11 is 0. The Bertz CT molecular complexity index is 1100. The molecule has 1 fully saturated rings. The molecule has 1 unspecified atom stereocenters. The monoisotopic (exact) mass is 419 g/mol. The number of rotatable bonds is 7. The number of carbonyl (C=O) groups excluding carboxylic acids is 3. The van der Waals surface area contributed by atoms with E-state index in [1.807, 2.05) is 36.4 Å². The molecule has 0 bridgehead atoms. The molecule has 1 atom stereocenters. The molecule has 4 amide bonds. The SMILES string of the molecule is CCC1(c2ccccc2)NC(=O)N(NC(=O)CCc2nnc(-c3ccccc3)o2)C1=O. The fourth-order valence-corrected chi connectivity index (χ4v) is 3.49. The van der Waals surface area contributed by atoms with E-state index in [0.29, 0.717) is 23.8 Å². The molecule has 2 heterocycles. The van der Waals surface area contributed by atoms with Crippen LogP contribution in [0.5, 0.6) is 0 Å². The Balaban J connectivity index is 1.39. The van der Waals surface area contributed by atoms with Gasteiger partial charge in [0.05, 0.1) is 0 Å². The van der Waals surface area contributed by atoms with Gasteiger partial charge in [0.2, 0.25) is 17.7 Å². The molecule has 1 saturated heterocycles. The van der Waals surface area contributed by atoms with Crippen molar-refractivity contribution in [3.63, 3.8) is 0 Å². The number of aromatic nitrogens is 2. The third-order valence-corrected chi connectivity index (χ3v) is 5.18. The van der Waals surface area contributed by atoms with Gasteiger partial charge in [0.25, 0.3) is 5.91 Å². The third kappa shape index (κ3) is 3.89. The Morgan fingerprint density at radius 1 is 1.06 bits per heavy atom. The highest BCUT2D eigenvalue weighted by Gasteiger charge is 2.52. The minimum absolute atomic E-state index is 0.0298. The van der Waals surface area contributed by atoms with E-state index in [1.54, 1.807) is 31.2 Å². The largest absolute Gasteiger partial charge is 0.421 e. The lowest BCUT2D eigenvalue weighted by molar-refractivity contribution is -0.139. The summed E-state index contributed by atoms with van der Waals surface area (Å²) in [4.78, 5) is 37.9. The van der Waals surface area contributed by atoms with Crippen LogP contribution in [0.4, 0.5) is 4.79 Å². The van der Waals surface area contributed by atoms with Crippen LogP contribution in [0.15, 0.2) is 65.1 Å². The second kappa shape index (κ2) is 8.39. The highest BCUT2D eigenvalue weighted by atomic mass is 16.4. The standard InChI is InChI=1S/C22H21N5O4/c1-2-22(16-11-7-4-8-12-16)20(29)27(21(30)23-22)26-17(28)13-14-18-24-25-19(31-18)15-9-5-3-6-10-15/h3-12H,2,13-14H2,1H3,(H,23,30)(H,26,28). The van der Waals surface area contributed by atoms with Crippen molar-refractivity contribution in [1.82, 2.24) is 25.9 Å². The number of nitrogens with zero attached hydrogens (tertiary/aromatic N) is 3. The lowest BCUT2D eigenvalue weighted by atomic mass is 9.87. The van der Waals surface area contributed by atoms with Crippen molar-refractivity contribution in [1.29, 1.82) is 0 Å². The lowest BCUT2D eigenvalue weighted by Crippen LogP contribution is -2.48. The van der Waals surface area contributed by atoms with Gasteiger partial charge in [-0.25, -0.2) is 4.79 Å². The maximum absolute atomic E-state index is 13.0. The minimum Gasteiger partial charge on any atom is -0.421 e. The zero-order valence-corrected chi connectivity index (χ0v) is 16.9. The van der Waals surface area contributed by atoms with Gasteiger partial charge < -0.3 is 9.73 Å². The van der Waals surface area contributed by atoms with Crippen LogP contribution in [-0.4, -0.2) is 33.1 Å². The average Bonchev–Trinajstić information content (AvgIpc) is 3.38. The molecule has 1 aliphatic heterocycles. The number of hydrogen-bond acceptors (Lipinski definition) is 6. The molecule has 4 rings (SSSR count). The second-order valence-corrected chi connectivity index (χ2v) is 7.10. The number of imide groups is 1. The van der Waals surface area contributed by atoms with Gasteiger partial charge in [0, 0.05) is 18.4 Å². The molecule has 1 aromatic heterocycles. The summed E-state index contributed by atoms with van der Waals surface area (Å²) in [7, 11) is 0. The van der Waals surface area contributed by atoms with Crippen molar-refractivity contribution in [2.75, 3.05) is 0 Å². The van der Waals surface area contributed by atoms with Gasteiger partial charge in [0.15, 0.2) is 0 Å². The van der Waals surface area contributed by atoms with Crippen LogP contribution >= 0.6 is 0 Å². The molecule has 0 saturated carbocycles. The van der Waals surface area contributed by atoms with E-state index in [9.17, 15) is 14.4 Å². The fourth-order valence-electron chi connectivity index (χ4n) is 3.49. The number of hydrogen-bond donors (Lipinski definition) is 2. The molecular weight excluding hydrogens is 398 g/mol. The molecule has 0 aliphatic carbocycles. The van der Waals surface area contributed by atoms with Crippen LogP contribution in [0.1, 0.15) is 31.2 Å². The Labute approximate surface area is 178 Å². The van der Waals surface area contributed by atoms with Crippen LogP contribution in [0.25, 0.3) is 11.5 Å². The maximum Gasteiger partial charge on any atom is 0.344 e. The number of carbonyl (C=O) groups is 3. The smallest absolute Gasteiger partial charge is 0.344 e. The van der Waals surface area contributed by atoms with Crippen LogP contribution in [0.2, 0.25) is 0 Å². The summed E-state index contributed by atoms with van der Waals surface area (Å²) in [6.07, 6.45) is 0.489. The number of hydrazine groups is 1. The molecule has 9 heteroatoms. The topological polar surface area (TPSA) is 117 Å². The van der Waals surface area contributed by atoms with Crippen molar-refractivity contribution in [3.8, 4) is 11.5 Å². The fraction of sp³-hybridized carbons (Fsp3) is 0.227. The quantitative estimate of drug-likeness (QED) is 0.569.